The molecule has 0 fully saturated rings. The first kappa shape index (κ1) is 31.1. The highest BCUT2D eigenvalue weighted by Crippen LogP contribution is 2.51. The van der Waals surface area contributed by atoms with Crippen LogP contribution < -0.4 is 4.90 Å². The van der Waals surface area contributed by atoms with Crippen molar-refractivity contribution < 1.29 is 0 Å². The molecular weight excluding hydrogens is 617 g/mol. The van der Waals surface area contributed by atoms with Crippen molar-refractivity contribution in [2.45, 2.75) is 46.0 Å². The molecule has 1 aliphatic rings. The van der Waals surface area contributed by atoms with E-state index in [0.29, 0.717) is 0 Å². The molecule has 0 saturated heterocycles. The van der Waals surface area contributed by atoms with Gasteiger partial charge in [-0.1, -0.05) is 125 Å². The van der Waals surface area contributed by atoms with Gasteiger partial charge in [0.1, 0.15) is 0 Å². The average molecular weight is 659 g/mol. The van der Waals surface area contributed by atoms with E-state index in [4.69, 9.17) is 0 Å². The molecular formula is C49H42N2. The van der Waals surface area contributed by atoms with Gasteiger partial charge >= 0.3 is 0 Å². The van der Waals surface area contributed by atoms with Gasteiger partial charge in [-0.3, -0.25) is 0 Å². The highest BCUT2D eigenvalue weighted by molar-refractivity contribution is 6.10. The minimum Gasteiger partial charge on any atom is -0.310 e. The summed E-state index contributed by atoms with van der Waals surface area (Å²) < 4.78 is 2.39. The van der Waals surface area contributed by atoms with Crippen LogP contribution in [0.5, 0.6) is 0 Å². The van der Waals surface area contributed by atoms with Crippen molar-refractivity contribution in [1.29, 1.82) is 0 Å². The predicted octanol–water partition coefficient (Wildman–Crippen LogP) is 13.4. The molecule has 2 heteroatoms. The van der Waals surface area contributed by atoms with Gasteiger partial charge in [-0.15, -0.1) is 0 Å². The van der Waals surface area contributed by atoms with E-state index >= 15 is 0 Å². The molecule has 0 bridgehead atoms. The number of hydrogen-bond donors (Lipinski definition) is 0. The predicted molar refractivity (Wildman–Crippen MR) is 217 cm³/mol. The van der Waals surface area contributed by atoms with Gasteiger partial charge < -0.3 is 9.47 Å². The first-order valence-electron chi connectivity index (χ1n) is 18.3. The van der Waals surface area contributed by atoms with Crippen LogP contribution in [0.15, 0.2) is 158 Å². The lowest BCUT2D eigenvalue weighted by molar-refractivity contribution is 0.660. The van der Waals surface area contributed by atoms with Crippen molar-refractivity contribution in [2.75, 3.05) is 4.90 Å². The number of anilines is 3. The Bertz CT molecular complexity index is 2590. The maximum Gasteiger partial charge on any atom is 0.0542 e. The van der Waals surface area contributed by atoms with E-state index in [-0.39, 0.29) is 5.41 Å². The first-order chi connectivity index (χ1) is 25.0. The molecule has 7 aromatic carbocycles. The number of nitrogens with zero attached hydrogens (tertiary/aromatic N) is 2. The summed E-state index contributed by atoms with van der Waals surface area (Å²) in [4.78, 5) is 2.47. The van der Waals surface area contributed by atoms with Crippen LogP contribution in [-0.2, 0) is 18.3 Å². The summed E-state index contributed by atoms with van der Waals surface area (Å²) in [6.45, 7) is 9.26. The van der Waals surface area contributed by atoms with E-state index in [1.54, 1.807) is 0 Å². The molecule has 8 aromatic rings. The summed E-state index contributed by atoms with van der Waals surface area (Å²) in [7, 11) is 0. The van der Waals surface area contributed by atoms with Gasteiger partial charge in [0.15, 0.2) is 0 Å². The second-order valence-corrected chi connectivity index (χ2v) is 14.3. The molecule has 0 radical (unpaired) electrons. The molecule has 1 heterocycles. The molecule has 0 amide bonds. The van der Waals surface area contributed by atoms with Crippen LogP contribution in [0.1, 0.15) is 49.9 Å². The Labute approximate surface area is 301 Å². The summed E-state index contributed by atoms with van der Waals surface area (Å²) in [5.74, 6) is 0. The number of aryl methyl sites for hydroxylation is 2. The lowest BCUT2D eigenvalue weighted by Crippen LogP contribution is -2.16. The van der Waals surface area contributed by atoms with Crippen molar-refractivity contribution in [2.24, 2.45) is 0 Å². The number of hydrogen-bond acceptors (Lipinski definition) is 1. The van der Waals surface area contributed by atoms with Crippen LogP contribution in [-0.4, -0.2) is 4.57 Å². The van der Waals surface area contributed by atoms with Crippen molar-refractivity contribution in [3.05, 3.63) is 180 Å². The van der Waals surface area contributed by atoms with Crippen LogP contribution in [0.25, 0.3) is 49.7 Å². The molecule has 0 N–H and O–H groups in total. The zero-order chi connectivity index (χ0) is 34.7. The summed E-state index contributed by atoms with van der Waals surface area (Å²) in [6.07, 6.45) is 1.96. The van der Waals surface area contributed by atoms with E-state index in [1.165, 1.54) is 83.4 Å². The van der Waals surface area contributed by atoms with Crippen LogP contribution >= 0.6 is 0 Å². The fourth-order valence-corrected chi connectivity index (χ4v) is 8.60. The Morgan fingerprint density at radius 2 is 1.02 bits per heavy atom. The summed E-state index contributed by atoms with van der Waals surface area (Å²) >= 11 is 0. The molecule has 1 aromatic heterocycles. The summed E-state index contributed by atoms with van der Waals surface area (Å²) in [6, 6.07) is 58.5. The Morgan fingerprint density at radius 1 is 0.451 bits per heavy atom. The fraction of sp³-hybridized carbons (Fsp3) is 0.143. The number of rotatable bonds is 7. The van der Waals surface area contributed by atoms with E-state index in [2.05, 4.69) is 195 Å². The Hall–Kier alpha value is -5.86. The van der Waals surface area contributed by atoms with Gasteiger partial charge in [0, 0.05) is 38.9 Å². The average Bonchev–Trinajstić information content (AvgIpc) is 3.63. The maximum atomic E-state index is 2.47. The van der Waals surface area contributed by atoms with Gasteiger partial charge in [0.2, 0.25) is 0 Å². The lowest BCUT2D eigenvalue weighted by atomic mass is 9.82. The zero-order valence-corrected chi connectivity index (χ0v) is 29.8. The minimum absolute atomic E-state index is 0.0943. The second kappa shape index (κ2) is 12.2. The van der Waals surface area contributed by atoms with Crippen LogP contribution in [0.4, 0.5) is 17.1 Å². The fourth-order valence-electron chi connectivity index (χ4n) is 8.60. The van der Waals surface area contributed by atoms with Crippen molar-refractivity contribution in [3.8, 4) is 27.9 Å². The van der Waals surface area contributed by atoms with E-state index in [9.17, 15) is 0 Å². The Kier molecular flexibility index (Phi) is 7.44. The third-order valence-corrected chi connectivity index (χ3v) is 11.2. The molecule has 0 spiro atoms. The topological polar surface area (TPSA) is 8.17 Å². The summed E-state index contributed by atoms with van der Waals surface area (Å²) in [5.41, 5.74) is 17.8. The zero-order valence-electron chi connectivity index (χ0n) is 29.8. The van der Waals surface area contributed by atoms with E-state index in [1.807, 2.05) is 0 Å². The van der Waals surface area contributed by atoms with Crippen molar-refractivity contribution in [3.63, 3.8) is 0 Å². The molecule has 2 nitrogen and oxygen atoms in total. The number of para-hydroxylation sites is 2. The summed E-state index contributed by atoms with van der Waals surface area (Å²) in [5, 5.41) is 2.50. The largest absolute Gasteiger partial charge is 0.310 e. The van der Waals surface area contributed by atoms with Gasteiger partial charge in [0.05, 0.1) is 11.0 Å². The monoisotopic (exact) mass is 658 g/mol. The van der Waals surface area contributed by atoms with Gasteiger partial charge in [-0.05, 0) is 118 Å². The first-order valence-corrected chi connectivity index (χ1v) is 18.3. The molecule has 0 saturated carbocycles. The quantitative estimate of drug-likeness (QED) is 0.165. The number of aromatic nitrogens is 1. The smallest absolute Gasteiger partial charge is 0.0542 e. The van der Waals surface area contributed by atoms with Crippen molar-refractivity contribution in [1.82, 2.24) is 4.57 Å². The molecule has 0 aliphatic heterocycles. The second-order valence-electron chi connectivity index (χ2n) is 14.3. The molecule has 0 unspecified atom stereocenters. The normalized spacial score (nSPS) is 13.0. The number of benzene rings is 7. The van der Waals surface area contributed by atoms with Gasteiger partial charge in [-0.2, -0.15) is 0 Å². The molecule has 9 rings (SSSR count). The Morgan fingerprint density at radius 3 is 1.82 bits per heavy atom. The van der Waals surface area contributed by atoms with Crippen LogP contribution in [0.3, 0.4) is 0 Å². The molecule has 51 heavy (non-hydrogen) atoms. The van der Waals surface area contributed by atoms with E-state index < -0.39 is 0 Å². The van der Waals surface area contributed by atoms with E-state index in [0.717, 1.165) is 18.5 Å². The maximum absolute atomic E-state index is 2.47. The molecule has 1 aliphatic carbocycles. The highest BCUT2D eigenvalue weighted by Gasteiger charge is 2.35. The highest BCUT2D eigenvalue weighted by atomic mass is 15.1. The molecule has 0 atom stereocenters. The lowest BCUT2D eigenvalue weighted by Gasteiger charge is -2.29. The minimum atomic E-state index is -0.0943. The number of fused-ring (bicyclic) bond motifs is 6. The SMILES string of the molecule is CCc1ccccc1-c1ccc(N(c2ccc3c(c2)C(C)(C)c2ccccc2-3)c2ccc3c(c2)c2ccccc2n3-c2ccccc2)cc1CC. The van der Waals surface area contributed by atoms with Crippen LogP contribution in [0, 0.1) is 0 Å². The van der Waals surface area contributed by atoms with Gasteiger partial charge in [-0.25, -0.2) is 0 Å². The molecule has 248 valence electrons. The van der Waals surface area contributed by atoms with Crippen molar-refractivity contribution >= 4 is 38.9 Å². The van der Waals surface area contributed by atoms with Gasteiger partial charge in [0.25, 0.3) is 0 Å². The Balaban J connectivity index is 1.27. The third-order valence-electron chi connectivity index (χ3n) is 11.2. The standard InChI is InChI=1S/C49H42N2/c1-5-33-16-10-11-19-39(33)40-27-24-36(30-34(40)6-2)50(38-25-28-42-41-20-12-14-22-45(41)49(3,4)46(42)32-38)37-26-29-48-44(31-37)43-21-13-15-23-47(43)51(48)35-17-8-7-9-18-35/h7-32H,5-6H2,1-4H3. The van der Waals surface area contributed by atoms with Crippen LogP contribution in [0.2, 0.25) is 0 Å². The third kappa shape index (κ3) is 4.93.